The molecular weight excluding hydrogens is 437 g/mol. The van der Waals surface area contributed by atoms with E-state index in [1.54, 1.807) is 19.1 Å². The summed E-state index contributed by atoms with van der Waals surface area (Å²) >= 11 is 0. The van der Waals surface area contributed by atoms with Gasteiger partial charge in [-0.25, -0.2) is 9.18 Å². The molecule has 0 spiro atoms. The third kappa shape index (κ3) is 4.30. The Morgan fingerprint density at radius 2 is 1.82 bits per heavy atom. The van der Waals surface area contributed by atoms with Gasteiger partial charge in [-0.3, -0.25) is 9.79 Å². The van der Waals surface area contributed by atoms with Gasteiger partial charge in [0.05, 0.1) is 23.5 Å². The normalized spacial score (nSPS) is 14.6. The Kier molecular flexibility index (Phi) is 5.98. The molecule has 0 aliphatic carbocycles. The summed E-state index contributed by atoms with van der Waals surface area (Å²) in [6, 6.07) is 13.7. The van der Waals surface area contributed by atoms with Crippen LogP contribution in [0.25, 0.3) is 11.1 Å². The number of carboxylic acid groups (broad SMARTS) is 1. The molecule has 1 aliphatic heterocycles. The first-order chi connectivity index (χ1) is 16.2. The lowest BCUT2D eigenvalue weighted by atomic mass is 9.99. The number of nitrogens with zero attached hydrogens (tertiary/aromatic N) is 3. The molecule has 2 N–H and O–H groups in total. The molecule has 0 saturated carbocycles. The van der Waals surface area contributed by atoms with Gasteiger partial charge < -0.3 is 10.2 Å². The number of anilines is 1. The van der Waals surface area contributed by atoms with E-state index in [9.17, 15) is 24.2 Å². The summed E-state index contributed by atoms with van der Waals surface area (Å²) in [4.78, 5) is 28.6. The Labute approximate surface area is 195 Å². The molecule has 0 atom stereocenters. The molecule has 0 bridgehead atoms. The Balaban J connectivity index is 1.65. The van der Waals surface area contributed by atoms with E-state index in [1.807, 2.05) is 26.0 Å². The summed E-state index contributed by atoms with van der Waals surface area (Å²) in [6.07, 6.45) is 0. The number of aliphatic imine (C=N–C) groups is 1. The quantitative estimate of drug-likeness (QED) is 0.568. The zero-order chi connectivity index (χ0) is 24.6. The molecule has 1 amide bonds. The number of aromatic hydroxyl groups is 1. The van der Waals surface area contributed by atoms with Gasteiger partial charge in [-0.2, -0.15) is 10.1 Å². The number of carbonyl (C=O) groups excluding carboxylic acids is 1. The first-order valence-corrected chi connectivity index (χ1v) is 10.5. The number of amides is 1. The number of halogens is 1. The van der Waals surface area contributed by atoms with Crippen molar-refractivity contribution in [3.8, 4) is 16.9 Å². The molecule has 34 heavy (non-hydrogen) atoms. The Bertz CT molecular complexity index is 1390. The molecule has 0 fully saturated rings. The highest BCUT2D eigenvalue weighted by Crippen LogP contribution is 2.34. The number of hydrogen-bond acceptors (Lipinski definition) is 5. The average molecular weight is 459 g/mol. The van der Waals surface area contributed by atoms with Gasteiger partial charge in [0.1, 0.15) is 17.3 Å². The number of phenols is 1. The predicted molar refractivity (Wildman–Crippen MR) is 128 cm³/mol. The van der Waals surface area contributed by atoms with Gasteiger partial charge >= 0.3 is 5.97 Å². The predicted octanol–water partition coefficient (Wildman–Crippen LogP) is 4.88. The fraction of sp³-hybridized carbons (Fsp3) is 0.154. The molecule has 3 aromatic rings. The van der Waals surface area contributed by atoms with Crippen molar-refractivity contribution in [3.05, 3.63) is 82.7 Å². The second-order valence-electron chi connectivity index (χ2n) is 8.08. The number of aromatic carboxylic acids is 1. The molecule has 8 heteroatoms. The molecule has 172 valence electrons. The van der Waals surface area contributed by atoms with Crippen LogP contribution in [-0.4, -0.2) is 33.5 Å². The van der Waals surface area contributed by atoms with E-state index in [1.165, 1.54) is 23.2 Å². The van der Waals surface area contributed by atoms with Crippen LogP contribution in [-0.2, 0) is 11.3 Å². The van der Waals surface area contributed by atoms with Crippen molar-refractivity contribution in [3.63, 3.8) is 0 Å². The number of phenolic OH excluding ortho intramolecular Hbond substituents is 1. The van der Waals surface area contributed by atoms with Crippen molar-refractivity contribution in [2.75, 3.05) is 5.01 Å². The topological polar surface area (TPSA) is 103 Å². The molecular formula is C26H22FN3O4. The van der Waals surface area contributed by atoms with Crippen molar-refractivity contribution < 1.29 is 24.2 Å². The third-order valence-corrected chi connectivity index (χ3v) is 5.70. The van der Waals surface area contributed by atoms with E-state index >= 15 is 0 Å². The number of aryl methyl sites for hydroxylation is 2. The van der Waals surface area contributed by atoms with E-state index in [4.69, 9.17) is 0 Å². The zero-order valence-electron chi connectivity index (χ0n) is 18.8. The van der Waals surface area contributed by atoms with Gasteiger partial charge in [0, 0.05) is 11.1 Å². The monoisotopic (exact) mass is 459 g/mol. The minimum atomic E-state index is -1.13. The standard InChI is InChI=1S/C26H22FN3O4/c1-14-7-8-21(9-15(14)2)30-25(32)23(16(3)29-30)28-13-19-11-20(27)12-22(24(19)31)17-5-4-6-18(10-17)26(33)34/h4-12,31H,13H2,1-3H3,(H,33,34). The molecule has 0 radical (unpaired) electrons. The maximum absolute atomic E-state index is 14.4. The second-order valence-corrected chi connectivity index (χ2v) is 8.08. The van der Waals surface area contributed by atoms with Crippen LogP contribution in [0.1, 0.15) is 34.0 Å². The summed E-state index contributed by atoms with van der Waals surface area (Å²) in [5.74, 6) is -2.40. The van der Waals surface area contributed by atoms with E-state index in [2.05, 4.69) is 10.1 Å². The molecule has 4 rings (SSSR count). The number of hydrazone groups is 1. The Morgan fingerprint density at radius 1 is 1.06 bits per heavy atom. The number of carboxylic acids is 1. The summed E-state index contributed by atoms with van der Waals surface area (Å²) in [5, 5.41) is 25.6. The largest absolute Gasteiger partial charge is 0.507 e. The summed E-state index contributed by atoms with van der Waals surface area (Å²) in [6.45, 7) is 5.42. The van der Waals surface area contributed by atoms with Crippen LogP contribution in [0.2, 0.25) is 0 Å². The van der Waals surface area contributed by atoms with Gasteiger partial charge in [0.25, 0.3) is 5.91 Å². The van der Waals surface area contributed by atoms with Gasteiger partial charge in [-0.15, -0.1) is 0 Å². The molecule has 0 saturated heterocycles. The van der Waals surface area contributed by atoms with Crippen molar-refractivity contribution in [1.29, 1.82) is 0 Å². The maximum atomic E-state index is 14.4. The van der Waals surface area contributed by atoms with Gasteiger partial charge in [0.2, 0.25) is 0 Å². The highest BCUT2D eigenvalue weighted by atomic mass is 19.1. The van der Waals surface area contributed by atoms with Crippen molar-refractivity contribution >= 4 is 29.0 Å². The van der Waals surface area contributed by atoms with Crippen LogP contribution in [0.15, 0.2) is 64.7 Å². The summed E-state index contributed by atoms with van der Waals surface area (Å²) < 4.78 is 14.4. The van der Waals surface area contributed by atoms with Crippen LogP contribution in [0.3, 0.4) is 0 Å². The zero-order valence-corrected chi connectivity index (χ0v) is 18.8. The van der Waals surface area contributed by atoms with Crippen LogP contribution >= 0.6 is 0 Å². The van der Waals surface area contributed by atoms with E-state index < -0.39 is 17.7 Å². The maximum Gasteiger partial charge on any atom is 0.335 e. The SMILES string of the molecule is CC1=NN(c2ccc(C)c(C)c2)C(=O)C1=NCc1cc(F)cc(-c2cccc(C(=O)O)c2)c1O. The van der Waals surface area contributed by atoms with Crippen LogP contribution in [0, 0.1) is 19.7 Å². The van der Waals surface area contributed by atoms with E-state index in [0.717, 1.165) is 23.3 Å². The summed E-state index contributed by atoms with van der Waals surface area (Å²) in [5.41, 5.74) is 3.92. The fourth-order valence-corrected chi connectivity index (χ4v) is 3.69. The first-order valence-electron chi connectivity index (χ1n) is 10.5. The van der Waals surface area contributed by atoms with Crippen molar-refractivity contribution in [1.82, 2.24) is 0 Å². The lowest BCUT2D eigenvalue weighted by molar-refractivity contribution is -0.112. The molecule has 1 heterocycles. The van der Waals surface area contributed by atoms with E-state index in [0.29, 0.717) is 17.0 Å². The highest BCUT2D eigenvalue weighted by Gasteiger charge is 2.30. The number of rotatable bonds is 5. The van der Waals surface area contributed by atoms with Crippen LogP contribution < -0.4 is 5.01 Å². The van der Waals surface area contributed by atoms with Crippen molar-refractivity contribution in [2.24, 2.45) is 10.1 Å². The molecule has 0 aromatic heterocycles. The lowest BCUT2D eigenvalue weighted by Gasteiger charge is -2.13. The molecule has 1 aliphatic rings. The molecule has 0 unspecified atom stereocenters. The summed E-state index contributed by atoms with van der Waals surface area (Å²) in [7, 11) is 0. The number of hydrogen-bond donors (Lipinski definition) is 2. The molecule has 7 nitrogen and oxygen atoms in total. The number of carbonyl (C=O) groups is 2. The van der Waals surface area contributed by atoms with Gasteiger partial charge in [0.15, 0.2) is 0 Å². The minimum absolute atomic E-state index is 0.0118. The second kappa shape index (κ2) is 8.90. The van der Waals surface area contributed by atoms with Crippen LogP contribution in [0.4, 0.5) is 10.1 Å². The van der Waals surface area contributed by atoms with Crippen LogP contribution in [0.5, 0.6) is 5.75 Å². The molecule has 3 aromatic carbocycles. The number of benzene rings is 3. The first kappa shape index (κ1) is 22.8. The van der Waals surface area contributed by atoms with Gasteiger partial charge in [-0.1, -0.05) is 18.2 Å². The van der Waals surface area contributed by atoms with E-state index in [-0.39, 0.29) is 34.7 Å². The fourth-order valence-electron chi connectivity index (χ4n) is 3.69. The van der Waals surface area contributed by atoms with Gasteiger partial charge in [-0.05, 0) is 73.9 Å². The average Bonchev–Trinajstić information content (AvgIpc) is 3.09. The Hall–Kier alpha value is -4.33. The van der Waals surface area contributed by atoms with Crippen molar-refractivity contribution in [2.45, 2.75) is 27.3 Å². The Morgan fingerprint density at radius 3 is 2.53 bits per heavy atom. The third-order valence-electron chi connectivity index (χ3n) is 5.70. The highest BCUT2D eigenvalue weighted by molar-refractivity contribution is 6.71. The lowest BCUT2D eigenvalue weighted by Crippen LogP contribution is -2.27. The minimum Gasteiger partial charge on any atom is -0.507 e. The smallest absolute Gasteiger partial charge is 0.335 e.